The van der Waals surface area contributed by atoms with E-state index in [1.165, 1.54) is 148 Å². The van der Waals surface area contributed by atoms with Gasteiger partial charge in [0.15, 0.2) is 0 Å². The van der Waals surface area contributed by atoms with Crippen molar-refractivity contribution in [1.82, 2.24) is 0 Å². The molecule has 0 saturated carbocycles. The maximum absolute atomic E-state index is 11.7. The molecule has 0 aromatic heterocycles. The lowest BCUT2D eigenvalue weighted by Crippen LogP contribution is -2.19. The standard InChI is InChI=1S/C36H68O4/c1-3-5-6-7-8-9-10-11-12-13-14-15-16-17-18-19-20-21-22-23-24-25-26-27-28-29-30-31-34(36(38)39)33-35(37)40-32-4-2/h7-8,34H,3-6,9-33H2,1-2H3,(H,38,39)/b8-7+. The summed E-state index contributed by atoms with van der Waals surface area (Å²) in [7, 11) is 0. The van der Waals surface area contributed by atoms with Crippen LogP contribution in [-0.2, 0) is 14.3 Å². The second kappa shape index (κ2) is 32.2. The topological polar surface area (TPSA) is 63.6 Å². The normalized spacial score (nSPS) is 12.2. The lowest BCUT2D eigenvalue weighted by Gasteiger charge is -2.11. The number of carbonyl (C=O) groups is 2. The molecule has 1 N–H and O–H groups in total. The van der Waals surface area contributed by atoms with E-state index in [-0.39, 0.29) is 12.4 Å². The van der Waals surface area contributed by atoms with Crippen molar-refractivity contribution in [1.29, 1.82) is 0 Å². The second-order valence-electron chi connectivity index (χ2n) is 12.1. The summed E-state index contributed by atoms with van der Waals surface area (Å²) >= 11 is 0. The number of aliphatic carboxylic acids is 1. The van der Waals surface area contributed by atoms with E-state index < -0.39 is 11.9 Å². The molecule has 1 unspecified atom stereocenters. The van der Waals surface area contributed by atoms with Crippen molar-refractivity contribution in [2.45, 2.75) is 194 Å². The van der Waals surface area contributed by atoms with Gasteiger partial charge in [-0.05, 0) is 32.1 Å². The van der Waals surface area contributed by atoms with Gasteiger partial charge in [-0.15, -0.1) is 0 Å². The first-order valence-corrected chi connectivity index (χ1v) is 17.6. The number of hydrogen-bond acceptors (Lipinski definition) is 3. The van der Waals surface area contributed by atoms with Crippen LogP contribution in [0.4, 0.5) is 0 Å². The van der Waals surface area contributed by atoms with Crippen LogP contribution in [0, 0.1) is 5.92 Å². The van der Waals surface area contributed by atoms with E-state index in [0.29, 0.717) is 13.0 Å². The molecule has 0 radical (unpaired) electrons. The van der Waals surface area contributed by atoms with Crippen molar-refractivity contribution in [3.05, 3.63) is 12.2 Å². The minimum absolute atomic E-state index is 0.00731. The van der Waals surface area contributed by atoms with Gasteiger partial charge in [0.1, 0.15) is 0 Å². The van der Waals surface area contributed by atoms with E-state index in [4.69, 9.17) is 4.74 Å². The van der Waals surface area contributed by atoms with Crippen LogP contribution < -0.4 is 0 Å². The number of esters is 1. The smallest absolute Gasteiger partial charge is 0.307 e. The van der Waals surface area contributed by atoms with E-state index in [1.807, 2.05) is 6.92 Å². The Labute approximate surface area is 249 Å². The van der Waals surface area contributed by atoms with Crippen LogP contribution in [-0.4, -0.2) is 23.7 Å². The first kappa shape index (κ1) is 38.7. The SMILES string of the molecule is CCCC/C=C/CCCCCCCCCCCCCCCCCCCCCCCC(CC(=O)OCCC)C(=O)O. The van der Waals surface area contributed by atoms with E-state index in [9.17, 15) is 14.7 Å². The third-order valence-corrected chi connectivity index (χ3v) is 8.04. The Balaban J connectivity index is 3.28. The predicted octanol–water partition coefficient (Wildman–Crippen LogP) is 11.7. The zero-order valence-corrected chi connectivity index (χ0v) is 26.9. The fourth-order valence-electron chi connectivity index (χ4n) is 5.36. The maximum Gasteiger partial charge on any atom is 0.307 e. The molecule has 0 spiro atoms. The van der Waals surface area contributed by atoms with Crippen molar-refractivity contribution in [2.75, 3.05) is 6.61 Å². The van der Waals surface area contributed by atoms with Gasteiger partial charge in [-0.3, -0.25) is 9.59 Å². The molecule has 236 valence electrons. The van der Waals surface area contributed by atoms with Gasteiger partial charge in [-0.2, -0.15) is 0 Å². The summed E-state index contributed by atoms with van der Waals surface area (Å²) in [5.74, 6) is -1.85. The summed E-state index contributed by atoms with van der Waals surface area (Å²) in [6.07, 6.45) is 39.5. The lowest BCUT2D eigenvalue weighted by atomic mass is 9.97. The van der Waals surface area contributed by atoms with Gasteiger partial charge in [0.2, 0.25) is 0 Å². The van der Waals surface area contributed by atoms with E-state index in [1.54, 1.807) is 0 Å². The Hall–Kier alpha value is -1.32. The zero-order chi connectivity index (χ0) is 29.4. The number of unbranched alkanes of at least 4 members (excludes halogenated alkanes) is 23. The number of carboxylic acids is 1. The van der Waals surface area contributed by atoms with Gasteiger partial charge < -0.3 is 9.84 Å². The molecule has 1 atom stereocenters. The number of rotatable bonds is 32. The number of carbonyl (C=O) groups excluding carboxylic acids is 1. The molecule has 0 amide bonds. The number of allylic oxidation sites excluding steroid dienone is 2. The van der Waals surface area contributed by atoms with Crippen molar-refractivity contribution in [3.63, 3.8) is 0 Å². The lowest BCUT2D eigenvalue weighted by molar-refractivity contribution is -0.151. The highest BCUT2D eigenvalue weighted by atomic mass is 16.5. The average molecular weight is 565 g/mol. The molecule has 0 saturated heterocycles. The van der Waals surface area contributed by atoms with Gasteiger partial charge in [0.05, 0.1) is 18.9 Å². The molecule has 0 fully saturated rings. The fourth-order valence-corrected chi connectivity index (χ4v) is 5.36. The van der Waals surface area contributed by atoms with Crippen LogP contribution >= 0.6 is 0 Å². The molecule has 0 heterocycles. The fraction of sp³-hybridized carbons (Fsp3) is 0.889. The minimum atomic E-state index is -0.873. The molecule has 4 heteroatoms. The van der Waals surface area contributed by atoms with E-state index in [2.05, 4.69) is 19.1 Å². The summed E-state index contributed by atoms with van der Waals surface area (Å²) in [5, 5.41) is 9.34. The monoisotopic (exact) mass is 565 g/mol. The van der Waals surface area contributed by atoms with Gasteiger partial charge in [-0.25, -0.2) is 0 Å². The molecule has 0 aliphatic heterocycles. The van der Waals surface area contributed by atoms with E-state index in [0.717, 1.165) is 19.3 Å². The molecule has 0 aliphatic carbocycles. The van der Waals surface area contributed by atoms with Crippen LogP contribution in [0.2, 0.25) is 0 Å². The Morgan fingerprint density at radius 1 is 0.550 bits per heavy atom. The summed E-state index contributed by atoms with van der Waals surface area (Å²) in [6.45, 7) is 4.57. The summed E-state index contributed by atoms with van der Waals surface area (Å²) < 4.78 is 5.03. The summed E-state index contributed by atoms with van der Waals surface area (Å²) in [6, 6.07) is 0. The predicted molar refractivity (Wildman–Crippen MR) is 172 cm³/mol. The first-order chi connectivity index (χ1) is 19.6. The zero-order valence-electron chi connectivity index (χ0n) is 26.9. The highest BCUT2D eigenvalue weighted by Gasteiger charge is 2.21. The Bertz CT molecular complexity index is 571. The molecule has 0 aromatic rings. The number of carboxylic acid groups (broad SMARTS) is 1. The minimum Gasteiger partial charge on any atom is -0.481 e. The molecule has 0 aliphatic rings. The molecular formula is C36H68O4. The quantitative estimate of drug-likeness (QED) is 0.0501. The largest absolute Gasteiger partial charge is 0.481 e. The third-order valence-electron chi connectivity index (χ3n) is 8.04. The molecular weight excluding hydrogens is 496 g/mol. The Morgan fingerprint density at radius 3 is 1.30 bits per heavy atom. The Kier molecular flexibility index (Phi) is 31.1. The van der Waals surface area contributed by atoms with Gasteiger partial charge in [-0.1, -0.05) is 167 Å². The average Bonchev–Trinajstić information content (AvgIpc) is 2.94. The van der Waals surface area contributed by atoms with E-state index >= 15 is 0 Å². The summed E-state index contributed by atoms with van der Waals surface area (Å²) in [5.41, 5.74) is 0. The first-order valence-electron chi connectivity index (χ1n) is 17.6. The molecule has 0 aromatic carbocycles. The van der Waals surface area contributed by atoms with Gasteiger partial charge >= 0.3 is 11.9 Å². The van der Waals surface area contributed by atoms with Crippen molar-refractivity contribution in [3.8, 4) is 0 Å². The Morgan fingerprint density at radius 2 is 0.925 bits per heavy atom. The van der Waals surface area contributed by atoms with Crippen LogP contribution in [0.3, 0.4) is 0 Å². The highest BCUT2D eigenvalue weighted by molar-refractivity contribution is 5.78. The number of ether oxygens (including phenoxy) is 1. The summed E-state index contributed by atoms with van der Waals surface area (Å²) in [4.78, 5) is 23.1. The van der Waals surface area contributed by atoms with Crippen molar-refractivity contribution < 1.29 is 19.4 Å². The molecule has 0 rings (SSSR count). The highest BCUT2D eigenvalue weighted by Crippen LogP contribution is 2.18. The molecule has 0 bridgehead atoms. The van der Waals surface area contributed by atoms with Gasteiger partial charge in [0, 0.05) is 0 Å². The van der Waals surface area contributed by atoms with Crippen LogP contribution in [0.1, 0.15) is 194 Å². The third kappa shape index (κ3) is 29.7. The number of hydrogen-bond donors (Lipinski definition) is 1. The van der Waals surface area contributed by atoms with Crippen molar-refractivity contribution >= 4 is 11.9 Å². The van der Waals surface area contributed by atoms with Crippen LogP contribution in [0.15, 0.2) is 12.2 Å². The maximum atomic E-state index is 11.7. The van der Waals surface area contributed by atoms with Crippen LogP contribution in [0.25, 0.3) is 0 Å². The molecule has 4 nitrogen and oxygen atoms in total. The van der Waals surface area contributed by atoms with Crippen molar-refractivity contribution in [2.24, 2.45) is 5.92 Å². The molecule has 40 heavy (non-hydrogen) atoms. The van der Waals surface area contributed by atoms with Gasteiger partial charge in [0.25, 0.3) is 0 Å². The van der Waals surface area contributed by atoms with Crippen LogP contribution in [0.5, 0.6) is 0 Å². The second-order valence-corrected chi connectivity index (χ2v) is 12.1.